The highest BCUT2D eigenvalue weighted by Crippen LogP contribution is 2.36. The number of nitrogens with zero attached hydrogens (tertiary/aromatic N) is 1. The van der Waals surface area contributed by atoms with Crippen LogP contribution in [0, 0.1) is 0 Å². The third kappa shape index (κ3) is 2.14. The molecule has 1 aromatic carbocycles. The molecule has 3 aromatic rings. The number of hydrogen-bond acceptors (Lipinski definition) is 3. The van der Waals surface area contributed by atoms with E-state index in [0.29, 0.717) is 11.5 Å². The largest absolute Gasteiger partial charge is 1.00 e. The molecule has 104 valence electrons. The predicted molar refractivity (Wildman–Crippen MR) is 71.9 cm³/mol. The number of ether oxygens (including phenoxy) is 2. The fraction of sp³-hybridized carbons (Fsp3) is 0.133. The van der Waals surface area contributed by atoms with E-state index in [1.165, 1.54) is 0 Å². The Morgan fingerprint density at radius 1 is 1.00 bits per heavy atom. The zero-order valence-corrected chi connectivity index (χ0v) is 12.7. The van der Waals surface area contributed by atoms with Gasteiger partial charge in [0.25, 0.3) is 0 Å². The van der Waals surface area contributed by atoms with E-state index in [0.717, 1.165) is 16.3 Å². The number of halogens is 1. The molecule has 0 aliphatic heterocycles. The molecule has 5 heteroatoms. The number of hydrogen-bond donors (Lipinski definition) is 1. The van der Waals surface area contributed by atoms with E-state index in [4.69, 9.17) is 9.47 Å². The Hall–Kier alpha value is -2.01. The van der Waals surface area contributed by atoms with E-state index in [1.54, 1.807) is 26.5 Å². The average molecular weight is 336 g/mol. The summed E-state index contributed by atoms with van der Waals surface area (Å²) in [6.45, 7) is 0. The van der Waals surface area contributed by atoms with Crippen molar-refractivity contribution in [1.82, 2.24) is 0 Å². The maximum Gasteiger partial charge on any atom is 0.218 e. The van der Waals surface area contributed by atoms with E-state index in [-0.39, 0.29) is 22.7 Å². The number of aromatic hydroxyl groups is 1. The molecule has 0 aliphatic carbocycles. The molecule has 0 saturated heterocycles. The van der Waals surface area contributed by atoms with Gasteiger partial charge >= 0.3 is 0 Å². The molecule has 3 rings (SSSR count). The first kappa shape index (κ1) is 14.4. The van der Waals surface area contributed by atoms with Crippen LogP contribution in [0.1, 0.15) is 0 Å². The second kappa shape index (κ2) is 5.54. The summed E-state index contributed by atoms with van der Waals surface area (Å²) in [6, 6.07) is 9.54. The molecular weight excluding hydrogens is 322 g/mol. The Kier molecular flexibility index (Phi) is 3.99. The molecule has 1 N–H and O–H groups in total. The van der Waals surface area contributed by atoms with Crippen molar-refractivity contribution in [2.45, 2.75) is 0 Å². The van der Waals surface area contributed by atoms with Gasteiger partial charge in [-0.25, -0.2) is 0 Å². The van der Waals surface area contributed by atoms with Gasteiger partial charge in [-0.3, -0.25) is 0 Å². The fourth-order valence-electron chi connectivity index (χ4n) is 2.30. The van der Waals surface area contributed by atoms with Crippen molar-refractivity contribution in [3.05, 3.63) is 42.7 Å². The SMILES string of the molecule is COc1cc2c(O)c[n+]3ccccc3c2cc1OC.[Br-]. The monoisotopic (exact) mass is 335 g/mol. The second-order valence-corrected chi connectivity index (χ2v) is 4.26. The summed E-state index contributed by atoms with van der Waals surface area (Å²) in [5.74, 6) is 1.46. The number of aromatic nitrogens is 1. The van der Waals surface area contributed by atoms with Crippen LogP contribution in [0.15, 0.2) is 42.7 Å². The minimum absolute atomic E-state index is 0. The fourth-order valence-corrected chi connectivity index (χ4v) is 2.30. The van der Waals surface area contributed by atoms with Gasteiger partial charge in [0, 0.05) is 17.5 Å². The summed E-state index contributed by atoms with van der Waals surface area (Å²) >= 11 is 0. The van der Waals surface area contributed by atoms with Crippen molar-refractivity contribution in [2.75, 3.05) is 14.2 Å². The molecule has 0 amide bonds. The molecule has 0 fully saturated rings. The van der Waals surface area contributed by atoms with Crippen LogP contribution >= 0.6 is 0 Å². The van der Waals surface area contributed by atoms with Gasteiger partial charge < -0.3 is 31.6 Å². The molecular formula is C15H14BrNO3. The summed E-state index contributed by atoms with van der Waals surface area (Å²) < 4.78 is 12.5. The van der Waals surface area contributed by atoms with Gasteiger partial charge in [-0.1, -0.05) is 0 Å². The smallest absolute Gasteiger partial charge is 0.218 e. The Morgan fingerprint density at radius 3 is 2.30 bits per heavy atom. The Balaban J connectivity index is 0.00000147. The van der Waals surface area contributed by atoms with Crippen molar-refractivity contribution >= 4 is 16.3 Å². The van der Waals surface area contributed by atoms with E-state index >= 15 is 0 Å². The molecule has 0 spiro atoms. The topological polar surface area (TPSA) is 42.8 Å². The van der Waals surface area contributed by atoms with Crippen molar-refractivity contribution in [3.8, 4) is 17.2 Å². The summed E-state index contributed by atoms with van der Waals surface area (Å²) in [4.78, 5) is 0. The van der Waals surface area contributed by atoms with Crippen LogP contribution in [-0.4, -0.2) is 19.3 Å². The van der Waals surface area contributed by atoms with E-state index < -0.39 is 0 Å². The molecule has 2 aromatic heterocycles. The van der Waals surface area contributed by atoms with Crippen LogP contribution in [0.2, 0.25) is 0 Å². The number of fused-ring (bicyclic) bond motifs is 3. The summed E-state index contributed by atoms with van der Waals surface area (Å²) in [5, 5.41) is 11.8. The quantitative estimate of drug-likeness (QED) is 0.498. The van der Waals surface area contributed by atoms with Gasteiger partial charge in [0.2, 0.25) is 11.7 Å². The van der Waals surface area contributed by atoms with Gasteiger partial charge in [0.1, 0.15) is 0 Å². The maximum absolute atomic E-state index is 10.1. The van der Waals surface area contributed by atoms with Gasteiger partial charge in [0.15, 0.2) is 23.4 Å². The number of benzene rings is 1. The lowest BCUT2D eigenvalue weighted by Crippen LogP contribution is -3.00. The van der Waals surface area contributed by atoms with Crippen molar-refractivity contribution < 1.29 is 36.0 Å². The highest BCUT2D eigenvalue weighted by molar-refractivity contribution is 5.99. The molecule has 0 bridgehead atoms. The van der Waals surface area contributed by atoms with E-state index in [1.807, 2.05) is 34.9 Å². The Morgan fingerprint density at radius 2 is 1.65 bits per heavy atom. The molecule has 4 nitrogen and oxygen atoms in total. The summed E-state index contributed by atoms with van der Waals surface area (Å²) in [7, 11) is 3.18. The maximum atomic E-state index is 10.1. The van der Waals surface area contributed by atoms with Gasteiger partial charge in [-0.05, 0) is 18.2 Å². The van der Waals surface area contributed by atoms with Crippen LogP contribution in [0.4, 0.5) is 0 Å². The van der Waals surface area contributed by atoms with Gasteiger partial charge in [-0.15, -0.1) is 0 Å². The molecule has 0 atom stereocenters. The minimum Gasteiger partial charge on any atom is -1.00 e. The predicted octanol–water partition coefficient (Wildman–Crippen LogP) is -0.695. The third-order valence-electron chi connectivity index (χ3n) is 3.23. The number of pyridine rings is 2. The first-order chi connectivity index (χ1) is 9.24. The van der Waals surface area contributed by atoms with Crippen molar-refractivity contribution in [2.24, 2.45) is 0 Å². The van der Waals surface area contributed by atoms with E-state index in [2.05, 4.69) is 0 Å². The summed E-state index contributed by atoms with van der Waals surface area (Å²) in [6.07, 6.45) is 3.58. The first-order valence-electron chi connectivity index (χ1n) is 5.92. The molecule has 0 radical (unpaired) electrons. The van der Waals surface area contributed by atoms with Crippen LogP contribution in [-0.2, 0) is 0 Å². The molecule has 20 heavy (non-hydrogen) atoms. The Bertz CT molecular complexity index is 774. The number of methoxy groups -OCH3 is 2. The normalized spacial score (nSPS) is 10.3. The zero-order chi connectivity index (χ0) is 13.4. The standard InChI is InChI=1S/C15H13NO3.BrH/c1-18-14-7-10-11(8-15(14)19-2)13(17)9-16-6-4-3-5-12(10)16;/h3-9H,1-2H3;1H. The molecule has 0 aliphatic rings. The van der Waals surface area contributed by atoms with Gasteiger partial charge in [0.05, 0.1) is 19.6 Å². The molecule has 0 unspecified atom stereocenters. The number of rotatable bonds is 2. The highest BCUT2D eigenvalue weighted by Gasteiger charge is 2.16. The zero-order valence-electron chi connectivity index (χ0n) is 11.1. The molecule has 2 heterocycles. The van der Waals surface area contributed by atoms with Gasteiger partial charge in [-0.2, -0.15) is 4.40 Å². The van der Waals surface area contributed by atoms with Crippen LogP contribution < -0.4 is 30.9 Å². The Labute approximate surface area is 127 Å². The first-order valence-corrected chi connectivity index (χ1v) is 5.92. The van der Waals surface area contributed by atoms with Crippen LogP contribution in [0.3, 0.4) is 0 Å². The average Bonchev–Trinajstić information content (AvgIpc) is 2.46. The third-order valence-corrected chi connectivity index (χ3v) is 3.23. The van der Waals surface area contributed by atoms with Crippen molar-refractivity contribution in [1.29, 1.82) is 0 Å². The minimum atomic E-state index is 0. The highest BCUT2D eigenvalue weighted by atomic mass is 79.9. The molecule has 0 saturated carbocycles. The summed E-state index contributed by atoms with van der Waals surface area (Å²) in [5.41, 5.74) is 0.997. The van der Waals surface area contributed by atoms with Crippen LogP contribution in [0.25, 0.3) is 16.3 Å². The van der Waals surface area contributed by atoms with Crippen LogP contribution in [0.5, 0.6) is 17.2 Å². The lowest BCUT2D eigenvalue weighted by Gasteiger charge is -2.09. The lowest BCUT2D eigenvalue weighted by molar-refractivity contribution is -0.511. The lowest BCUT2D eigenvalue weighted by atomic mass is 10.1. The van der Waals surface area contributed by atoms with Crippen molar-refractivity contribution in [3.63, 3.8) is 0 Å². The van der Waals surface area contributed by atoms with E-state index in [9.17, 15) is 5.11 Å². The second-order valence-electron chi connectivity index (χ2n) is 4.26.